The number of hydrogen-bond donors (Lipinski definition) is 2. The lowest BCUT2D eigenvalue weighted by molar-refractivity contribution is 0.719. The van der Waals surface area contributed by atoms with Gasteiger partial charge in [0.25, 0.3) is 0 Å². The minimum absolute atomic E-state index is 0.287. The number of hydrogen-bond acceptors (Lipinski definition) is 3. The lowest BCUT2D eigenvalue weighted by Gasteiger charge is -2.57. The van der Waals surface area contributed by atoms with Crippen molar-refractivity contribution in [3.8, 4) is 0 Å². The van der Waals surface area contributed by atoms with E-state index >= 15 is 0 Å². The number of nitrogens with zero attached hydrogens (tertiary/aromatic N) is 2. The van der Waals surface area contributed by atoms with Crippen molar-refractivity contribution in [2.24, 2.45) is 9.98 Å². The van der Waals surface area contributed by atoms with Crippen molar-refractivity contribution >= 4 is 69.4 Å². The van der Waals surface area contributed by atoms with Crippen LogP contribution in [0, 0.1) is 41.5 Å². The number of aryl methyl sites for hydroxylation is 6. The molecule has 0 unspecified atom stereocenters. The summed E-state index contributed by atoms with van der Waals surface area (Å²) >= 11 is 0. The minimum atomic E-state index is -1.85. The summed E-state index contributed by atoms with van der Waals surface area (Å²) < 4.78 is 0.287. The van der Waals surface area contributed by atoms with Crippen LogP contribution in [0.25, 0.3) is 16.8 Å². The fraction of sp³-hybridized carbons (Fsp3) is 0.423. The Balaban J connectivity index is 1.57. The van der Waals surface area contributed by atoms with Crippen LogP contribution in [0.3, 0.4) is 0 Å². The first-order chi connectivity index (χ1) is 28.2. The van der Waals surface area contributed by atoms with Gasteiger partial charge in [0, 0.05) is 54.8 Å². The lowest BCUT2D eigenvalue weighted by Crippen LogP contribution is -2.62. The highest BCUT2D eigenvalue weighted by molar-refractivity contribution is 7.13. The number of fused-ring (bicyclic) bond motifs is 8. The van der Waals surface area contributed by atoms with Gasteiger partial charge < -0.3 is 10.3 Å². The molecule has 0 amide bonds. The molecule has 3 aromatic rings. The molecule has 61 heavy (non-hydrogen) atoms. The lowest BCUT2D eigenvalue weighted by atomic mass is 9.90. The van der Waals surface area contributed by atoms with Gasteiger partial charge in [0.1, 0.15) is 8.80 Å². The van der Waals surface area contributed by atoms with E-state index in [1.165, 1.54) is 74.3 Å². The molecule has 4 nitrogen and oxygen atoms in total. The van der Waals surface area contributed by atoms with E-state index in [9.17, 15) is 0 Å². The molecular formula is C52H73N4Si5. The molecule has 8 bridgehead atoms. The molecule has 0 fully saturated rings. The van der Waals surface area contributed by atoms with Crippen molar-refractivity contribution < 1.29 is 0 Å². The van der Waals surface area contributed by atoms with E-state index in [2.05, 4.69) is 203 Å². The number of H-pyrrole nitrogens is 1. The molecule has 321 valence electrons. The molecule has 7 rings (SSSR count). The number of benzene rings is 2. The van der Waals surface area contributed by atoms with Crippen molar-refractivity contribution in [3.63, 3.8) is 0 Å². The van der Waals surface area contributed by atoms with Crippen LogP contribution in [0.1, 0.15) is 68.7 Å². The third-order valence-corrected chi connectivity index (χ3v) is 43.0. The smallest absolute Gasteiger partial charge is 0.109 e. The Labute approximate surface area is 375 Å². The number of aromatic amines is 1. The molecule has 0 spiro atoms. The second-order valence-electron chi connectivity index (χ2n) is 22.9. The molecule has 2 aromatic carbocycles. The fourth-order valence-electron chi connectivity index (χ4n) is 12.4. The highest BCUT2D eigenvalue weighted by Crippen LogP contribution is 2.57. The van der Waals surface area contributed by atoms with Gasteiger partial charge in [-0.1, -0.05) is 143 Å². The van der Waals surface area contributed by atoms with E-state index in [4.69, 9.17) is 9.98 Å². The number of aromatic nitrogens is 1. The van der Waals surface area contributed by atoms with E-state index in [0.29, 0.717) is 0 Å². The van der Waals surface area contributed by atoms with E-state index < -0.39 is 41.1 Å². The van der Waals surface area contributed by atoms with Gasteiger partial charge in [0.2, 0.25) is 0 Å². The average molecular weight is 895 g/mol. The predicted molar refractivity (Wildman–Crippen MR) is 282 cm³/mol. The first kappa shape index (κ1) is 45.4. The zero-order valence-electron chi connectivity index (χ0n) is 40.8. The number of aliphatic imine (C=N–C) groups is 2. The molecule has 0 aliphatic carbocycles. The minimum Gasteiger partial charge on any atom is -0.354 e. The van der Waals surface area contributed by atoms with Crippen LogP contribution >= 0.6 is 0 Å². The van der Waals surface area contributed by atoms with E-state index in [1.807, 2.05) is 0 Å². The van der Waals surface area contributed by atoms with Gasteiger partial charge in [0.05, 0.1) is 34.2 Å². The van der Waals surface area contributed by atoms with Crippen LogP contribution in [0.4, 0.5) is 0 Å². The zero-order valence-corrected chi connectivity index (χ0v) is 45.8. The maximum atomic E-state index is 5.53. The van der Waals surface area contributed by atoms with Gasteiger partial charge in [-0.2, -0.15) is 0 Å². The summed E-state index contributed by atoms with van der Waals surface area (Å²) in [5, 5.41) is 5.06. The molecule has 1 aromatic heterocycles. The molecule has 0 atom stereocenters. The summed E-state index contributed by atoms with van der Waals surface area (Å²) in [5.41, 5.74) is 26.6. The van der Waals surface area contributed by atoms with Crippen LogP contribution < -0.4 is 5.32 Å². The van der Waals surface area contributed by atoms with Crippen LogP contribution in [0.15, 0.2) is 99.2 Å². The quantitative estimate of drug-likeness (QED) is 0.196. The summed E-state index contributed by atoms with van der Waals surface area (Å²) in [6.07, 6.45) is 11.5. The van der Waals surface area contributed by atoms with Crippen LogP contribution in [-0.2, 0) is 0 Å². The normalized spacial score (nSPS) is 17.5. The molecule has 4 aliphatic heterocycles. The Morgan fingerprint density at radius 1 is 0.557 bits per heavy atom. The van der Waals surface area contributed by atoms with Gasteiger partial charge in [0.15, 0.2) is 0 Å². The Hall–Kier alpha value is -3.62. The number of allylic oxidation sites excluding steroid dienone is 5. The summed E-state index contributed by atoms with van der Waals surface area (Å²) in [4.78, 5) is 15.0. The number of rotatable bonds is 10. The fourth-order valence-corrected chi connectivity index (χ4v) is 45.5. The van der Waals surface area contributed by atoms with Gasteiger partial charge >= 0.3 is 0 Å². The first-order valence-corrected chi connectivity index (χ1v) is 38.5. The third-order valence-electron chi connectivity index (χ3n) is 14.2. The van der Waals surface area contributed by atoms with Crippen molar-refractivity contribution in [3.05, 3.63) is 145 Å². The summed E-state index contributed by atoms with van der Waals surface area (Å²) in [7, 11) is -7.84. The molecule has 0 saturated heterocycles. The van der Waals surface area contributed by atoms with E-state index in [1.54, 1.807) is 0 Å². The topological polar surface area (TPSA) is 52.5 Å². The van der Waals surface area contributed by atoms with Crippen molar-refractivity contribution in [1.82, 2.24) is 10.3 Å². The Bertz CT molecular complexity index is 2480. The maximum absolute atomic E-state index is 5.53. The molecule has 5 heterocycles. The standard InChI is InChI=1S/C52H73N4Si5/c1-33-27-35(3)48(36(4)28-33)50-42-22-19-39(53-42)40-20-23-44(54-40)51(49-37(5)29-34(2)30-38(49)6)46-32-57(31-45(56-46)41-21-24-43(50)55-41)52(60(13,14)15,61(16,17)18)26-25-47(58(7,8)9)59(10,11)12/h19-24,27-32,47,55-56H,25-26H2,1-18H3. The van der Waals surface area contributed by atoms with Crippen LogP contribution in [-0.4, -0.2) is 57.5 Å². The summed E-state index contributed by atoms with van der Waals surface area (Å²) in [6.45, 7) is 45.7. The average Bonchev–Trinajstić information content (AvgIpc) is 3.89. The third kappa shape index (κ3) is 8.34. The number of nitrogens with one attached hydrogen (secondary N) is 2. The van der Waals surface area contributed by atoms with Crippen molar-refractivity contribution in [1.29, 1.82) is 0 Å². The zero-order chi connectivity index (χ0) is 44.8. The first-order valence-electron chi connectivity index (χ1n) is 22.7. The SMILES string of the molecule is Cc1cc(C)c(C2=C3C=CC(=N3)C3=NC(=C(c4c(C)cc(C)cc4C)c4ccc([nH]4)C4=C[Si](C(CCC([Si](C)(C)C)[Si](C)(C)C)([Si](C)(C)C)[Si](C)(C)C)C=C2N4)C=C3)c(C)c1. The monoisotopic (exact) mass is 893 g/mol. The molecule has 9 heteroatoms. The van der Waals surface area contributed by atoms with E-state index in [-0.39, 0.29) is 4.28 Å². The van der Waals surface area contributed by atoms with Crippen LogP contribution in [0.2, 0.25) is 88.0 Å². The van der Waals surface area contributed by atoms with Gasteiger partial charge in [-0.3, -0.25) is 0 Å². The van der Waals surface area contributed by atoms with Gasteiger partial charge in [-0.25, -0.2) is 9.98 Å². The Morgan fingerprint density at radius 2 is 0.984 bits per heavy atom. The second-order valence-corrected chi connectivity index (χ2v) is 48.9. The van der Waals surface area contributed by atoms with E-state index in [0.717, 1.165) is 44.9 Å². The molecule has 1 radical (unpaired) electrons. The highest BCUT2D eigenvalue weighted by Gasteiger charge is 2.57. The van der Waals surface area contributed by atoms with Gasteiger partial charge in [-0.15, -0.1) is 0 Å². The maximum Gasteiger partial charge on any atom is 0.109 e. The van der Waals surface area contributed by atoms with Gasteiger partial charge in [-0.05, 0) is 116 Å². The Kier molecular flexibility index (Phi) is 11.8. The largest absolute Gasteiger partial charge is 0.354 e. The summed E-state index contributed by atoms with van der Waals surface area (Å²) in [5.74, 6) is 0. The molecule has 0 saturated carbocycles. The van der Waals surface area contributed by atoms with Crippen molar-refractivity contribution in [2.75, 3.05) is 0 Å². The second kappa shape index (κ2) is 15.9. The highest BCUT2D eigenvalue weighted by atomic mass is 28.4. The molecular weight excluding hydrogens is 821 g/mol. The predicted octanol–water partition coefficient (Wildman–Crippen LogP) is 14.3. The summed E-state index contributed by atoms with van der Waals surface area (Å²) in [6, 6.07) is 14.0. The van der Waals surface area contributed by atoms with Crippen LogP contribution in [0.5, 0.6) is 0 Å². The molecule has 2 N–H and O–H groups in total. The molecule has 4 aliphatic rings. The van der Waals surface area contributed by atoms with Crippen molar-refractivity contribution in [2.45, 2.75) is 142 Å². The Morgan fingerprint density at radius 3 is 1.44 bits per heavy atom.